The highest BCUT2D eigenvalue weighted by Crippen LogP contribution is 2.17. The first-order chi connectivity index (χ1) is 10.8. The number of benzene rings is 1. The van der Waals surface area contributed by atoms with Crippen LogP contribution in [0.5, 0.6) is 0 Å². The van der Waals surface area contributed by atoms with E-state index in [-0.39, 0.29) is 17.1 Å². The molecule has 0 aliphatic carbocycles. The van der Waals surface area contributed by atoms with Crippen LogP contribution in [0.3, 0.4) is 0 Å². The second-order valence-corrected chi connectivity index (χ2v) is 7.33. The number of anilines is 1. The zero-order valence-corrected chi connectivity index (χ0v) is 14.4. The molecular formula is C18H28FN3O. The summed E-state index contributed by atoms with van der Waals surface area (Å²) in [6, 6.07) is 6.55. The second-order valence-electron chi connectivity index (χ2n) is 7.33. The summed E-state index contributed by atoms with van der Waals surface area (Å²) < 4.78 is 13.0. The summed E-state index contributed by atoms with van der Waals surface area (Å²) in [6.07, 6.45) is 0.548. The third kappa shape index (κ3) is 5.82. The summed E-state index contributed by atoms with van der Waals surface area (Å²) >= 11 is 0. The van der Waals surface area contributed by atoms with Gasteiger partial charge in [0.25, 0.3) is 0 Å². The molecule has 128 valence electrons. The SMILES string of the molecule is CC(C)(C)CNCCC(=O)N1CCN(c2ccc(F)cc2)CC1. The Kier molecular flexibility index (Phi) is 5.99. The molecule has 1 heterocycles. The zero-order chi connectivity index (χ0) is 16.9. The number of carbonyl (C=O) groups is 1. The van der Waals surface area contributed by atoms with Gasteiger partial charge in [-0.1, -0.05) is 20.8 Å². The normalized spacial score (nSPS) is 15.8. The van der Waals surface area contributed by atoms with Crippen molar-refractivity contribution in [2.75, 3.05) is 44.2 Å². The van der Waals surface area contributed by atoms with E-state index in [4.69, 9.17) is 0 Å². The van der Waals surface area contributed by atoms with Crippen molar-refractivity contribution in [2.24, 2.45) is 5.41 Å². The van der Waals surface area contributed by atoms with Crippen molar-refractivity contribution in [3.8, 4) is 0 Å². The lowest BCUT2D eigenvalue weighted by molar-refractivity contribution is -0.131. The maximum Gasteiger partial charge on any atom is 0.223 e. The van der Waals surface area contributed by atoms with Crippen LogP contribution in [0.2, 0.25) is 0 Å². The summed E-state index contributed by atoms with van der Waals surface area (Å²) in [5.41, 5.74) is 1.26. The van der Waals surface area contributed by atoms with Crippen LogP contribution in [-0.2, 0) is 4.79 Å². The van der Waals surface area contributed by atoms with Crippen LogP contribution in [0, 0.1) is 11.2 Å². The van der Waals surface area contributed by atoms with Gasteiger partial charge in [-0.05, 0) is 29.7 Å². The fraction of sp³-hybridized carbons (Fsp3) is 0.611. The average Bonchev–Trinajstić information content (AvgIpc) is 2.51. The number of hydrogen-bond donors (Lipinski definition) is 1. The molecule has 0 saturated carbocycles. The Labute approximate surface area is 138 Å². The largest absolute Gasteiger partial charge is 0.368 e. The molecular weight excluding hydrogens is 293 g/mol. The van der Waals surface area contributed by atoms with Gasteiger partial charge < -0.3 is 15.1 Å². The molecule has 0 radical (unpaired) electrons. The zero-order valence-electron chi connectivity index (χ0n) is 14.4. The fourth-order valence-corrected chi connectivity index (χ4v) is 2.68. The standard InChI is InChI=1S/C18H28FN3O/c1-18(2,3)14-20-9-8-17(23)22-12-10-21(11-13-22)16-6-4-15(19)5-7-16/h4-7,20H,8-14H2,1-3H3. The summed E-state index contributed by atoms with van der Waals surface area (Å²) in [6.45, 7) is 11.2. The number of hydrogen-bond acceptors (Lipinski definition) is 3. The number of nitrogens with one attached hydrogen (secondary N) is 1. The molecule has 1 saturated heterocycles. The number of amides is 1. The monoisotopic (exact) mass is 321 g/mol. The highest BCUT2D eigenvalue weighted by Gasteiger charge is 2.21. The maximum absolute atomic E-state index is 13.0. The lowest BCUT2D eigenvalue weighted by atomic mass is 9.97. The minimum atomic E-state index is -0.217. The number of piperazine rings is 1. The number of rotatable bonds is 5. The van der Waals surface area contributed by atoms with Crippen molar-refractivity contribution in [2.45, 2.75) is 27.2 Å². The van der Waals surface area contributed by atoms with Gasteiger partial charge in [0.1, 0.15) is 5.82 Å². The van der Waals surface area contributed by atoms with E-state index in [0.29, 0.717) is 6.42 Å². The highest BCUT2D eigenvalue weighted by molar-refractivity contribution is 5.76. The first-order valence-corrected chi connectivity index (χ1v) is 8.34. The number of carbonyl (C=O) groups excluding carboxylic acids is 1. The lowest BCUT2D eigenvalue weighted by Gasteiger charge is -2.36. The molecule has 4 nitrogen and oxygen atoms in total. The molecule has 0 unspecified atom stereocenters. The van der Waals surface area contributed by atoms with Crippen LogP contribution in [0.4, 0.5) is 10.1 Å². The van der Waals surface area contributed by atoms with Gasteiger partial charge in [-0.3, -0.25) is 4.79 Å². The van der Waals surface area contributed by atoms with Gasteiger partial charge in [0, 0.05) is 51.4 Å². The predicted molar refractivity (Wildman–Crippen MR) is 92.1 cm³/mol. The van der Waals surface area contributed by atoms with E-state index < -0.39 is 0 Å². The van der Waals surface area contributed by atoms with Gasteiger partial charge in [-0.15, -0.1) is 0 Å². The molecule has 1 aromatic carbocycles. The Balaban J connectivity index is 1.71. The van der Waals surface area contributed by atoms with Crippen LogP contribution in [-0.4, -0.2) is 50.1 Å². The van der Waals surface area contributed by atoms with Crippen molar-refractivity contribution in [3.63, 3.8) is 0 Å². The number of halogens is 1. The van der Waals surface area contributed by atoms with Gasteiger partial charge in [0.2, 0.25) is 5.91 Å². The molecule has 1 fully saturated rings. The molecule has 1 amide bonds. The van der Waals surface area contributed by atoms with E-state index in [0.717, 1.165) is 45.0 Å². The van der Waals surface area contributed by atoms with Crippen molar-refractivity contribution in [1.82, 2.24) is 10.2 Å². The molecule has 5 heteroatoms. The summed E-state index contributed by atoms with van der Waals surface area (Å²) in [5, 5.41) is 3.34. The Bertz CT molecular complexity index is 502. The van der Waals surface area contributed by atoms with Gasteiger partial charge in [-0.2, -0.15) is 0 Å². The molecule has 1 aliphatic heterocycles. The maximum atomic E-state index is 13.0. The van der Waals surface area contributed by atoms with Crippen LogP contribution >= 0.6 is 0 Å². The van der Waals surface area contributed by atoms with Gasteiger partial charge >= 0.3 is 0 Å². The first kappa shape index (κ1) is 17.7. The Morgan fingerprint density at radius 1 is 1.13 bits per heavy atom. The van der Waals surface area contributed by atoms with E-state index in [1.807, 2.05) is 4.90 Å². The van der Waals surface area contributed by atoms with Crippen molar-refractivity contribution < 1.29 is 9.18 Å². The van der Waals surface area contributed by atoms with Crippen molar-refractivity contribution in [3.05, 3.63) is 30.1 Å². The first-order valence-electron chi connectivity index (χ1n) is 8.34. The Morgan fingerprint density at radius 2 is 1.74 bits per heavy atom. The third-order valence-electron chi connectivity index (χ3n) is 4.00. The fourth-order valence-electron chi connectivity index (χ4n) is 2.68. The molecule has 1 aliphatic rings. The van der Waals surface area contributed by atoms with Gasteiger partial charge in [-0.25, -0.2) is 4.39 Å². The smallest absolute Gasteiger partial charge is 0.223 e. The van der Waals surface area contributed by atoms with Crippen LogP contribution < -0.4 is 10.2 Å². The lowest BCUT2D eigenvalue weighted by Crippen LogP contribution is -2.49. The molecule has 1 N–H and O–H groups in total. The van der Waals surface area contributed by atoms with E-state index >= 15 is 0 Å². The van der Waals surface area contributed by atoms with Crippen molar-refractivity contribution >= 4 is 11.6 Å². The highest BCUT2D eigenvalue weighted by atomic mass is 19.1. The summed E-state index contributed by atoms with van der Waals surface area (Å²) in [5.74, 6) is -0.00418. The van der Waals surface area contributed by atoms with Crippen LogP contribution in [0.1, 0.15) is 27.2 Å². The Morgan fingerprint density at radius 3 is 2.30 bits per heavy atom. The second kappa shape index (κ2) is 7.77. The molecule has 0 spiro atoms. The van der Waals surface area contributed by atoms with Crippen LogP contribution in [0.25, 0.3) is 0 Å². The minimum Gasteiger partial charge on any atom is -0.368 e. The van der Waals surface area contributed by atoms with Gasteiger partial charge in [0.05, 0.1) is 0 Å². The van der Waals surface area contributed by atoms with Gasteiger partial charge in [0.15, 0.2) is 0 Å². The summed E-state index contributed by atoms with van der Waals surface area (Å²) in [4.78, 5) is 16.4. The van der Waals surface area contributed by atoms with Crippen molar-refractivity contribution in [1.29, 1.82) is 0 Å². The van der Waals surface area contributed by atoms with E-state index in [9.17, 15) is 9.18 Å². The topological polar surface area (TPSA) is 35.6 Å². The molecule has 23 heavy (non-hydrogen) atoms. The Hall–Kier alpha value is -1.62. The van der Waals surface area contributed by atoms with E-state index in [1.165, 1.54) is 12.1 Å². The summed E-state index contributed by atoms with van der Waals surface area (Å²) in [7, 11) is 0. The third-order valence-corrected chi connectivity index (χ3v) is 4.00. The van der Waals surface area contributed by atoms with E-state index in [1.54, 1.807) is 12.1 Å². The van der Waals surface area contributed by atoms with Crippen LogP contribution in [0.15, 0.2) is 24.3 Å². The molecule has 1 aromatic rings. The molecule has 0 bridgehead atoms. The predicted octanol–water partition coefficient (Wildman–Crippen LogP) is 2.50. The molecule has 2 rings (SSSR count). The molecule has 0 aromatic heterocycles. The average molecular weight is 321 g/mol. The van der Waals surface area contributed by atoms with E-state index in [2.05, 4.69) is 31.0 Å². The molecule has 0 atom stereocenters. The quantitative estimate of drug-likeness (QED) is 0.847. The number of nitrogens with zero attached hydrogens (tertiary/aromatic N) is 2. The minimum absolute atomic E-state index is 0.213.